The maximum Gasteiger partial charge on any atom is 0.0699 e. The molecule has 0 aromatic heterocycles. The van der Waals surface area contributed by atoms with E-state index >= 15 is 0 Å². The van der Waals surface area contributed by atoms with Crippen molar-refractivity contribution in [2.24, 2.45) is 5.92 Å². The standard InChI is InChI=1S/C12H20NP2/c1-10-12(14-15-13-10)11-8-6-4-2-3-5-7-9-11/h11H,2-9H2,1H3. The van der Waals surface area contributed by atoms with E-state index in [-0.39, 0.29) is 0 Å². The van der Waals surface area contributed by atoms with Gasteiger partial charge in [0, 0.05) is 5.31 Å². The van der Waals surface area contributed by atoms with Crippen LogP contribution in [0.2, 0.25) is 0 Å². The van der Waals surface area contributed by atoms with Gasteiger partial charge in [0.05, 0.1) is 13.7 Å². The fourth-order valence-electron chi connectivity index (χ4n) is 2.54. The molecule has 83 valence electrons. The van der Waals surface area contributed by atoms with Gasteiger partial charge in [-0.15, -0.1) is 0 Å². The normalized spacial score (nSPS) is 26.7. The molecule has 0 spiro atoms. The summed E-state index contributed by atoms with van der Waals surface area (Å²) in [5.41, 5.74) is 1.35. The second-order valence-electron chi connectivity index (χ2n) is 4.66. The molecular formula is C12H20NP2. The molecule has 1 aliphatic heterocycles. The fraction of sp³-hybridized carbons (Fsp3) is 0.833. The van der Waals surface area contributed by atoms with Crippen molar-refractivity contribution in [3.8, 4) is 0 Å². The Balaban J connectivity index is 1.98. The van der Waals surface area contributed by atoms with E-state index in [9.17, 15) is 0 Å². The molecule has 0 saturated heterocycles. The summed E-state index contributed by atoms with van der Waals surface area (Å²) in [6.07, 6.45) is 11.6. The topological polar surface area (TPSA) is 14.1 Å². The van der Waals surface area contributed by atoms with Crippen LogP contribution in [0.5, 0.6) is 0 Å². The summed E-state index contributed by atoms with van der Waals surface area (Å²) in [5.74, 6) is 0.864. The molecule has 0 amide bonds. The van der Waals surface area contributed by atoms with Crippen molar-refractivity contribution in [3.63, 3.8) is 0 Å². The molecule has 1 fully saturated rings. The van der Waals surface area contributed by atoms with Gasteiger partial charge >= 0.3 is 0 Å². The zero-order valence-corrected chi connectivity index (χ0v) is 11.4. The lowest BCUT2D eigenvalue weighted by atomic mass is 9.95. The van der Waals surface area contributed by atoms with Crippen LogP contribution >= 0.6 is 15.9 Å². The van der Waals surface area contributed by atoms with Gasteiger partial charge in [-0.25, -0.2) is 5.09 Å². The van der Waals surface area contributed by atoms with Crippen molar-refractivity contribution in [2.45, 2.75) is 58.3 Å². The third-order valence-electron chi connectivity index (χ3n) is 3.46. The van der Waals surface area contributed by atoms with E-state index in [1.165, 1.54) is 72.9 Å². The lowest BCUT2D eigenvalue weighted by molar-refractivity contribution is 0.500. The van der Waals surface area contributed by atoms with Crippen LogP contribution in [0.25, 0.3) is 0 Å². The van der Waals surface area contributed by atoms with Crippen LogP contribution in [0.1, 0.15) is 58.3 Å². The highest BCUT2D eigenvalue weighted by atomic mass is 31.7. The van der Waals surface area contributed by atoms with Crippen LogP contribution < -0.4 is 5.09 Å². The summed E-state index contributed by atoms with van der Waals surface area (Å²) in [6.45, 7) is 2.20. The number of allylic oxidation sites excluding steroid dienone is 2. The third-order valence-corrected chi connectivity index (χ3v) is 6.03. The Bertz CT molecular complexity index is 261. The Labute approximate surface area is 96.6 Å². The zero-order chi connectivity index (χ0) is 10.5. The minimum Gasteiger partial charge on any atom is -0.227 e. The Morgan fingerprint density at radius 2 is 1.60 bits per heavy atom. The molecule has 2 rings (SSSR count). The molecule has 0 N–H and O–H groups in total. The number of rotatable bonds is 1. The van der Waals surface area contributed by atoms with Gasteiger partial charge < -0.3 is 0 Å². The summed E-state index contributed by atoms with van der Waals surface area (Å²) in [4.78, 5) is 0. The number of nitrogens with zero attached hydrogens (tertiary/aromatic N) is 1. The van der Waals surface area contributed by atoms with Crippen molar-refractivity contribution in [2.75, 3.05) is 0 Å². The minimum absolute atomic E-state index is 0.864. The molecule has 0 aromatic carbocycles. The SMILES string of the molecule is CC1=C(C2CCCCCCCC2)P=P[N]1. The van der Waals surface area contributed by atoms with Gasteiger partial charge in [0.2, 0.25) is 0 Å². The largest absolute Gasteiger partial charge is 0.227 e. The summed E-state index contributed by atoms with van der Waals surface area (Å²) >= 11 is 0. The van der Waals surface area contributed by atoms with Crippen molar-refractivity contribution >= 4 is 15.9 Å². The highest BCUT2D eigenvalue weighted by Gasteiger charge is 2.19. The summed E-state index contributed by atoms with van der Waals surface area (Å²) in [6, 6.07) is 0. The van der Waals surface area contributed by atoms with E-state index in [1.54, 1.807) is 5.31 Å². The molecule has 3 heteroatoms. The Morgan fingerprint density at radius 1 is 1.00 bits per heavy atom. The monoisotopic (exact) mass is 240 g/mol. The second kappa shape index (κ2) is 6.02. The summed E-state index contributed by atoms with van der Waals surface area (Å²) in [5, 5.41) is 6.18. The first kappa shape index (κ1) is 11.6. The number of hydrogen-bond donors (Lipinski definition) is 0. The Morgan fingerprint density at radius 3 is 2.13 bits per heavy atom. The van der Waals surface area contributed by atoms with Crippen LogP contribution in [0.3, 0.4) is 0 Å². The molecule has 0 atom stereocenters. The van der Waals surface area contributed by atoms with Gasteiger partial charge in [-0.3, -0.25) is 0 Å². The molecule has 1 aliphatic carbocycles. The predicted molar refractivity (Wildman–Crippen MR) is 69.1 cm³/mol. The molecule has 1 nitrogen and oxygen atoms in total. The zero-order valence-electron chi connectivity index (χ0n) is 9.58. The predicted octanol–water partition coefficient (Wildman–Crippen LogP) is 5.31. The highest BCUT2D eigenvalue weighted by molar-refractivity contribution is 7.85. The average molecular weight is 240 g/mol. The quantitative estimate of drug-likeness (QED) is 0.551. The molecule has 1 heterocycles. The van der Waals surface area contributed by atoms with E-state index in [0.717, 1.165) is 5.92 Å². The van der Waals surface area contributed by atoms with E-state index in [1.807, 2.05) is 0 Å². The summed E-state index contributed by atoms with van der Waals surface area (Å²) in [7, 11) is 2.74. The first-order valence-electron chi connectivity index (χ1n) is 6.20. The molecule has 1 saturated carbocycles. The fourth-order valence-corrected chi connectivity index (χ4v) is 5.37. The molecular weight excluding hydrogens is 220 g/mol. The van der Waals surface area contributed by atoms with Gasteiger partial charge in [0.1, 0.15) is 0 Å². The van der Waals surface area contributed by atoms with Crippen molar-refractivity contribution in [1.29, 1.82) is 0 Å². The molecule has 2 aliphatic rings. The highest BCUT2D eigenvalue weighted by Crippen LogP contribution is 2.43. The lowest BCUT2D eigenvalue weighted by Gasteiger charge is -2.15. The van der Waals surface area contributed by atoms with E-state index in [4.69, 9.17) is 0 Å². The van der Waals surface area contributed by atoms with Crippen LogP contribution in [0.15, 0.2) is 11.0 Å². The first-order chi connectivity index (χ1) is 7.38. The van der Waals surface area contributed by atoms with Crippen molar-refractivity contribution in [1.82, 2.24) is 5.09 Å². The minimum atomic E-state index is 0.864. The van der Waals surface area contributed by atoms with Crippen LogP contribution in [-0.2, 0) is 0 Å². The molecule has 15 heavy (non-hydrogen) atoms. The molecule has 0 aromatic rings. The summed E-state index contributed by atoms with van der Waals surface area (Å²) < 4.78 is 0. The van der Waals surface area contributed by atoms with E-state index in [2.05, 4.69) is 12.0 Å². The van der Waals surface area contributed by atoms with Gasteiger partial charge in [-0.2, -0.15) is 0 Å². The third kappa shape index (κ3) is 3.30. The lowest BCUT2D eigenvalue weighted by Crippen LogP contribution is -2.02. The van der Waals surface area contributed by atoms with Crippen molar-refractivity contribution in [3.05, 3.63) is 11.0 Å². The maximum atomic E-state index is 4.51. The average Bonchev–Trinajstić information content (AvgIpc) is 2.68. The molecule has 0 unspecified atom stereocenters. The van der Waals surface area contributed by atoms with Crippen LogP contribution in [0.4, 0.5) is 0 Å². The second-order valence-corrected chi connectivity index (χ2v) is 6.85. The van der Waals surface area contributed by atoms with E-state index in [0.29, 0.717) is 0 Å². The first-order valence-corrected chi connectivity index (χ1v) is 8.65. The van der Waals surface area contributed by atoms with E-state index < -0.39 is 0 Å². The Kier molecular flexibility index (Phi) is 4.66. The Hall–Kier alpha value is 0.140. The number of hydrogen-bond acceptors (Lipinski definition) is 0. The molecule has 1 radical (unpaired) electrons. The van der Waals surface area contributed by atoms with Crippen molar-refractivity contribution < 1.29 is 0 Å². The van der Waals surface area contributed by atoms with Gasteiger partial charge in [0.25, 0.3) is 0 Å². The van der Waals surface area contributed by atoms with Gasteiger partial charge in [-0.05, 0) is 33.6 Å². The van der Waals surface area contributed by atoms with Crippen LogP contribution in [0, 0.1) is 5.92 Å². The smallest absolute Gasteiger partial charge is 0.0699 e. The van der Waals surface area contributed by atoms with Crippen LogP contribution in [-0.4, -0.2) is 0 Å². The molecule has 0 bridgehead atoms. The van der Waals surface area contributed by atoms with Gasteiger partial charge in [-0.1, -0.05) is 38.5 Å². The maximum absolute atomic E-state index is 4.51. The van der Waals surface area contributed by atoms with Gasteiger partial charge in [0.15, 0.2) is 0 Å².